The fraction of sp³-hybridized carbons (Fsp3) is 0.133. The lowest BCUT2D eigenvalue weighted by Gasteiger charge is -2.13. The number of pyridine rings is 1. The van der Waals surface area contributed by atoms with Crippen molar-refractivity contribution in [2.45, 2.75) is 0 Å². The van der Waals surface area contributed by atoms with Gasteiger partial charge in [-0.05, 0) is 36.4 Å². The molecule has 0 radical (unpaired) electrons. The van der Waals surface area contributed by atoms with Crippen LogP contribution in [0.15, 0.2) is 36.4 Å². The van der Waals surface area contributed by atoms with Gasteiger partial charge in [0, 0.05) is 25.5 Å². The van der Waals surface area contributed by atoms with Gasteiger partial charge in [0.15, 0.2) is 5.82 Å². The van der Waals surface area contributed by atoms with Gasteiger partial charge in [-0.25, -0.2) is 9.97 Å². The molecule has 2 heterocycles. The van der Waals surface area contributed by atoms with Crippen LogP contribution in [0, 0.1) is 0 Å². The van der Waals surface area contributed by atoms with Crippen molar-refractivity contribution < 1.29 is 0 Å². The van der Waals surface area contributed by atoms with E-state index < -0.39 is 0 Å². The second-order valence-electron chi connectivity index (χ2n) is 5.10. The van der Waals surface area contributed by atoms with E-state index in [-0.39, 0.29) is 11.8 Å². The van der Waals surface area contributed by atoms with Gasteiger partial charge in [0.25, 0.3) is 0 Å². The molecule has 0 bridgehead atoms. The number of hydrogen-bond acceptors (Lipinski definition) is 7. The quantitative estimate of drug-likeness (QED) is 0.678. The number of fused-ring (bicyclic) bond motifs is 1. The van der Waals surface area contributed by atoms with Crippen LogP contribution >= 0.6 is 0 Å². The monoisotopic (exact) mass is 295 g/mol. The summed E-state index contributed by atoms with van der Waals surface area (Å²) in [4.78, 5) is 14.5. The molecule has 1 aromatic carbocycles. The Bertz CT molecular complexity index is 812. The van der Waals surface area contributed by atoms with Gasteiger partial charge in [-0.3, -0.25) is 0 Å². The van der Waals surface area contributed by atoms with Crippen LogP contribution in [0.25, 0.3) is 11.0 Å². The molecule has 7 heteroatoms. The SMILES string of the molecule is CN(C)c1ccc(Nc2ccc3nc(N)nc(N)c3n2)cc1. The van der Waals surface area contributed by atoms with Gasteiger partial charge in [-0.1, -0.05) is 0 Å². The summed E-state index contributed by atoms with van der Waals surface area (Å²) in [6, 6.07) is 11.7. The largest absolute Gasteiger partial charge is 0.382 e. The average Bonchev–Trinajstić information content (AvgIpc) is 2.48. The van der Waals surface area contributed by atoms with E-state index in [1.807, 2.05) is 55.4 Å². The molecule has 0 spiro atoms. The predicted molar refractivity (Wildman–Crippen MR) is 90.2 cm³/mol. The Balaban J connectivity index is 1.90. The Labute approximate surface area is 128 Å². The van der Waals surface area contributed by atoms with Crippen molar-refractivity contribution in [2.75, 3.05) is 35.8 Å². The number of nitrogen functional groups attached to an aromatic ring is 2. The summed E-state index contributed by atoms with van der Waals surface area (Å²) in [5.41, 5.74) is 14.6. The molecule has 5 N–H and O–H groups in total. The lowest BCUT2D eigenvalue weighted by atomic mass is 10.2. The van der Waals surface area contributed by atoms with Crippen molar-refractivity contribution in [3.63, 3.8) is 0 Å². The standard InChI is InChI=1S/C15H17N7/c1-22(2)10-5-3-9(4-6-10)18-12-8-7-11-13(20-12)14(16)21-15(17)19-11/h3-8H,1-2H3,(H,18,20)(H4,16,17,19,21). The maximum Gasteiger partial charge on any atom is 0.222 e. The second-order valence-corrected chi connectivity index (χ2v) is 5.10. The minimum absolute atomic E-state index is 0.145. The molecule has 0 atom stereocenters. The van der Waals surface area contributed by atoms with Crippen LogP contribution in [-0.4, -0.2) is 29.0 Å². The van der Waals surface area contributed by atoms with E-state index in [0.29, 0.717) is 16.9 Å². The molecule has 112 valence electrons. The second kappa shape index (κ2) is 5.36. The number of nitrogens with one attached hydrogen (secondary N) is 1. The zero-order valence-corrected chi connectivity index (χ0v) is 12.4. The van der Waals surface area contributed by atoms with Crippen LogP contribution in [0.3, 0.4) is 0 Å². The van der Waals surface area contributed by atoms with Gasteiger partial charge >= 0.3 is 0 Å². The van der Waals surface area contributed by atoms with Crippen LogP contribution in [-0.2, 0) is 0 Å². The fourth-order valence-electron chi connectivity index (χ4n) is 2.12. The van der Waals surface area contributed by atoms with E-state index in [1.54, 1.807) is 0 Å². The van der Waals surface area contributed by atoms with E-state index >= 15 is 0 Å². The fourth-order valence-corrected chi connectivity index (χ4v) is 2.12. The zero-order chi connectivity index (χ0) is 15.7. The van der Waals surface area contributed by atoms with Gasteiger partial charge in [-0.2, -0.15) is 4.98 Å². The van der Waals surface area contributed by atoms with E-state index in [4.69, 9.17) is 11.5 Å². The number of benzene rings is 1. The molecule has 7 nitrogen and oxygen atoms in total. The number of hydrogen-bond donors (Lipinski definition) is 3. The number of rotatable bonds is 3. The smallest absolute Gasteiger partial charge is 0.222 e. The Morgan fingerprint density at radius 3 is 2.32 bits per heavy atom. The van der Waals surface area contributed by atoms with Gasteiger partial charge in [0.2, 0.25) is 5.95 Å². The molecule has 0 aliphatic rings. The first kappa shape index (κ1) is 13.9. The molecule has 0 amide bonds. The van der Waals surface area contributed by atoms with Crippen molar-refractivity contribution in [1.29, 1.82) is 0 Å². The normalized spacial score (nSPS) is 10.6. The summed E-state index contributed by atoms with van der Waals surface area (Å²) >= 11 is 0. The number of nitrogens with two attached hydrogens (primary N) is 2. The lowest BCUT2D eigenvalue weighted by Crippen LogP contribution is -2.08. The first-order valence-electron chi connectivity index (χ1n) is 6.77. The molecule has 3 aromatic rings. The molecule has 0 aliphatic carbocycles. The van der Waals surface area contributed by atoms with Crippen LogP contribution in [0.5, 0.6) is 0 Å². The minimum atomic E-state index is 0.145. The highest BCUT2D eigenvalue weighted by Gasteiger charge is 2.06. The number of aromatic nitrogens is 3. The summed E-state index contributed by atoms with van der Waals surface area (Å²) in [6.07, 6.45) is 0. The molecule has 3 rings (SSSR count). The number of anilines is 5. The van der Waals surface area contributed by atoms with E-state index in [2.05, 4.69) is 20.3 Å². The summed E-state index contributed by atoms with van der Waals surface area (Å²) in [5, 5.41) is 3.23. The zero-order valence-electron chi connectivity index (χ0n) is 12.4. The highest BCUT2D eigenvalue weighted by atomic mass is 15.1. The molecule has 0 saturated heterocycles. The highest BCUT2D eigenvalue weighted by molar-refractivity contribution is 5.86. The minimum Gasteiger partial charge on any atom is -0.382 e. The van der Waals surface area contributed by atoms with Gasteiger partial charge in [0.05, 0.1) is 5.52 Å². The molecule has 22 heavy (non-hydrogen) atoms. The topological polar surface area (TPSA) is 106 Å². The first-order chi connectivity index (χ1) is 10.5. The van der Waals surface area contributed by atoms with Crippen molar-refractivity contribution in [2.24, 2.45) is 0 Å². The predicted octanol–water partition coefficient (Wildman–Crippen LogP) is 2.00. The van der Waals surface area contributed by atoms with Gasteiger partial charge in [-0.15, -0.1) is 0 Å². The van der Waals surface area contributed by atoms with Crippen molar-refractivity contribution in [3.8, 4) is 0 Å². The van der Waals surface area contributed by atoms with E-state index in [9.17, 15) is 0 Å². The Morgan fingerprint density at radius 1 is 0.909 bits per heavy atom. The Kier molecular flexibility index (Phi) is 3.38. The highest BCUT2D eigenvalue weighted by Crippen LogP contribution is 2.22. The van der Waals surface area contributed by atoms with Crippen LogP contribution in [0.1, 0.15) is 0 Å². The lowest BCUT2D eigenvalue weighted by molar-refractivity contribution is 1.13. The van der Waals surface area contributed by atoms with Crippen molar-refractivity contribution in [1.82, 2.24) is 15.0 Å². The third-order valence-electron chi connectivity index (χ3n) is 3.24. The van der Waals surface area contributed by atoms with E-state index in [0.717, 1.165) is 11.4 Å². The van der Waals surface area contributed by atoms with Gasteiger partial charge < -0.3 is 21.7 Å². The molecule has 2 aromatic heterocycles. The first-order valence-corrected chi connectivity index (χ1v) is 6.77. The summed E-state index contributed by atoms with van der Waals surface area (Å²) in [7, 11) is 4.00. The Morgan fingerprint density at radius 2 is 1.64 bits per heavy atom. The van der Waals surface area contributed by atoms with E-state index in [1.165, 1.54) is 0 Å². The third kappa shape index (κ3) is 2.69. The van der Waals surface area contributed by atoms with Crippen LogP contribution < -0.4 is 21.7 Å². The molecule has 0 saturated carbocycles. The third-order valence-corrected chi connectivity index (χ3v) is 3.24. The van der Waals surface area contributed by atoms with Crippen LogP contribution in [0.4, 0.5) is 29.0 Å². The van der Waals surface area contributed by atoms with Crippen LogP contribution in [0.2, 0.25) is 0 Å². The summed E-state index contributed by atoms with van der Waals surface area (Å²) < 4.78 is 0. The van der Waals surface area contributed by atoms with Crippen molar-refractivity contribution in [3.05, 3.63) is 36.4 Å². The van der Waals surface area contributed by atoms with Crippen molar-refractivity contribution >= 4 is 40.0 Å². The summed E-state index contributed by atoms with van der Waals surface area (Å²) in [5.74, 6) is 1.09. The molecular weight excluding hydrogens is 278 g/mol. The molecule has 0 aliphatic heterocycles. The average molecular weight is 295 g/mol. The Hall–Kier alpha value is -3.09. The van der Waals surface area contributed by atoms with Gasteiger partial charge in [0.1, 0.15) is 11.3 Å². The number of nitrogens with zero attached hydrogens (tertiary/aromatic N) is 4. The molecular formula is C15H17N7. The molecule has 0 unspecified atom stereocenters. The molecule has 0 fully saturated rings. The summed E-state index contributed by atoms with van der Waals surface area (Å²) in [6.45, 7) is 0. The maximum absolute atomic E-state index is 5.85. The maximum atomic E-state index is 5.85.